The molecule has 1 aromatic heterocycles. The molecular formula is C13H25ClN4O. The quantitative estimate of drug-likeness (QED) is 0.920. The minimum Gasteiger partial charge on any atom is -0.339 e. The number of hydrogen-bond donors (Lipinski definition) is 1. The van der Waals surface area contributed by atoms with Gasteiger partial charge in [-0.25, -0.2) is 0 Å². The zero-order valence-corrected chi connectivity index (χ0v) is 12.8. The van der Waals surface area contributed by atoms with Gasteiger partial charge in [0.1, 0.15) is 0 Å². The normalized spacial score (nSPS) is 19.4. The lowest BCUT2D eigenvalue weighted by atomic mass is 9.91. The fourth-order valence-electron chi connectivity index (χ4n) is 2.40. The van der Waals surface area contributed by atoms with E-state index < -0.39 is 0 Å². The van der Waals surface area contributed by atoms with Crippen molar-refractivity contribution in [2.75, 3.05) is 13.1 Å². The summed E-state index contributed by atoms with van der Waals surface area (Å²) in [5.74, 6) is 2.50. The molecule has 5 nitrogen and oxygen atoms in total. The van der Waals surface area contributed by atoms with E-state index in [-0.39, 0.29) is 12.4 Å². The van der Waals surface area contributed by atoms with Crippen molar-refractivity contribution in [3.63, 3.8) is 0 Å². The first-order valence-corrected chi connectivity index (χ1v) is 6.86. The largest absolute Gasteiger partial charge is 0.339 e. The average molecular weight is 289 g/mol. The van der Waals surface area contributed by atoms with Crippen LogP contribution in [0.15, 0.2) is 4.52 Å². The molecule has 1 fully saturated rings. The van der Waals surface area contributed by atoms with E-state index in [1.54, 1.807) is 0 Å². The number of aromatic nitrogens is 2. The number of likely N-dealkylation sites (tertiary alicyclic amines) is 1. The van der Waals surface area contributed by atoms with Gasteiger partial charge >= 0.3 is 0 Å². The summed E-state index contributed by atoms with van der Waals surface area (Å²) in [4.78, 5) is 6.80. The molecule has 6 heteroatoms. The Morgan fingerprint density at radius 2 is 1.95 bits per heavy atom. The van der Waals surface area contributed by atoms with Crippen molar-refractivity contribution in [1.29, 1.82) is 0 Å². The van der Waals surface area contributed by atoms with Crippen molar-refractivity contribution in [3.8, 4) is 0 Å². The van der Waals surface area contributed by atoms with Crippen LogP contribution in [0.25, 0.3) is 0 Å². The average Bonchev–Trinajstić information content (AvgIpc) is 2.78. The minimum absolute atomic E-state index is 0. The van der Waals surface area contributed by atoms with Gasteiger partial charge in [-0.1, -0.05) is 19.0 Å². The molecule has 0 aliphatic carbocycles. The van der Waals surface area contributed by atoms with Crippen LogP contribution in [-0.4, -0.2) is 34.2 Å². The van der Waals surface area contributed by atoms with Gasteiger partial charge in [-0.3, -0.25) is 4.90 Å². The molecule has 0 aromatic carbocycles. The monoisotopic (exact) mass is 288 g/mol. The molecule has 2 rings (SSSR count). The number of rotatable bonds is 4. The third-order valence-electron chi connectivity index (χ3n) is 3.72. The predicted octanol–water partition coefficient (Wildman–Crippen LogP) is 2.17. The summed E-state index contributed by atoms with van der Waals surface area (Å²) in [7, 11) is 0. The van der Waals surface area contributed by atoms with E-state index in [0.29, 0.717) is 17.9 Å². The van der Waals surface area contributed by atoms with Gasteiger partial charge in [-0.05, 0) is 38.8 Å². The molecule has 0 bridgehead atoms. The molecule has 2 N–H and O–H groups in total. The molecule has 0 saturated carbocycles. The molecule has 1 unspecified atom stereocenters. The lowest BCUT2D eigenvalue weighted by Crippen LogP contribution is -2.39. The van der Waals surface area contributed by atoms with Crippen molar-refractivity contribution < 1.29 is 4.52 Å². The van der Waals surface area contributed by atoms with E-state index in [2.05, 4.69) is 35.8 Å². The van der Waals surface area contributed by atoms with E-state index in [4.69, 9.17) is 10.3 Å². The summed E-state index contributed by atoms with van der Waals surface area (Å²) >= 11 is 0. The fraction of sp³-hybridized carbons (Fsp3) is 0.846. The van der Waals surface area contributed by atoms with Crippen LogP contribution in [0.1, 0.15) is 51.2 Å². The Bertz CT molecular complexity index is 372. The fourth-order valence-corrected chi connectivity index (χ4v) is 2.40. The zero-order chi connectivity index (χ0) is 13.1. The van der Waals surface area contributed by atoms with Crippen molar-refractivity contribution in [2.45, 2.75) is 52.1 Å². The first-order chi connectivity index (χ1) is 8.56. The van der Waals surface area contributed by atoms with Gasteiger partial charge in [0.2, 0.25) is 5.89 Å². The zero-order valence-electron chi connectivity index (χ0n) is 12.0. The second-order valence-electron chi connectivity index (χ2n) is 5.68. The van der Waals surface area contributed by atoms with Crippen LogP contribution in [0.4, 0.5) is 0 Å². The van der Waals surface area contributed by atoms with Crippen molar-refractivity contribution in [3.05, 3.63) is 11.7 Å². The van der Waals surface area contributed by atoms with E-state index in [1.807, 2.05) is 0 Å². The molecule has 1 aromatic rings. The molecule has 1 aliphatic rings. The third kappa shape index (κ3) is 4.44. The Labute approximate surface area is 121 Å². The van der Waals surface area contributed by atoms with E-state index in [9.17, 15) is 0 Å². The van der Waals surface area contributed by atoms with Crippen LogP contribution in [-0.2, 0) is 6.54 Å². The van der Waals surface area contributed by atoms with E-state index in [0.717, 1.165) is 31.3 Å². The number of hydrogen-bond acceptors (Lipinski definition) is 5. The SMILES string of the molecule is CC(C)c1nc(CN2CCC(C(C)N)CC2)no1.Cl. The van der Waals surface area contributed by atoms with Gasteiger partial charge in [0.15, 0.2) is 5.82 Å². The standard InChI is InChI=1S/C13H24N4O.ClH/c1-9(2)13-15-12(16-18-13)8-17-6-4-11(5-7-17)10(3)14;/h9-11H,4-8,14H2,1-3H3;1H. The topological polar surface area (TPSA) is 68.2 Å². The van der Waals surface area contributed by atoms with Gasteiger partial charge in [-0.2, -0.15) is 4.98 Å². The van der Waals surface area contributed by atoms with E-state index >= 15 is 0 Å². The second kappa shape index (κ2) is 7.22. The first kappa shape index (κ1) is 16.4. The summed E-state index contributed by atoms with van der Waals surface area (Å²) in [6.45, 7) is 9.18. The molecule has 19 heavy (non-hydrogen) atoms. The number of piperidine rings is 1. The highest BCUT2D eigenvalue weighted by Crippen LogP contribution is 2.20. The van der Waals surface area contributed by atoms with Gasteiger partial charge < -0.3 is 10.3 Å². The maximum absolute atomic E-state index is 5.94. The smallest absolute Gasteiger partial charge is 0.229 e. The number of nitrogens with two attached hydrogens (primary N) is 1. The van der Waals surface area contributed by atoms with Crippen LogP contribution in [0.3, 0.4) is 0 Å². The maximum Gasteiger partial charge on any atom is 0.229 e. The second-order valence-corrected chi connectivity index (χ2v) is 5.68. The lowest BCUT2D eigenvalue weighted by Gasteiger charge is -2.32. The predicted molar refractivity (Wildman–Crippen MR) is 77.3 cm³/mol. The molecule has 2 heterocycles. The summed E-state index contributed by atoms with van der Waals surface area (Å²) < 4.78 is 5.22. The van der Waals surface area contributed by atoms with Gasteiger partial charge in [0, 0.05) is 12.0 Å². The third-order valence-corrected chi connectivity index (χ3v) is 3.72. The van der Waals surface area contributed by atoms with Crippen molar-refractivity contribution in [2.24, 2.45) is 11.7 Å². The Balaban J connectivity index is 0.00000180. The van der Waals surface area contributed by atoms with Crippen molar-refractivity contribution in [1.82, 2.24) is 15.0 Å². The highest BCUT2D eigenvalue weighted by Gasteiger charge is 2.23. The Morgan fingerprint density at radius 3 is 2.42 bits per heavy atom. The molecular weight excluding hydrogens is 264 g/mol. The summed E-state index contributed by atoms with van der Waals surface area (Å²) in [6, 6.07) is 0.310. The van der Waals surface area contributed by atoms with Gasteiger partial charge in [0.05, 0.1) is 6.54 Å². The van der Waals surface area contributed by atoms with Crippen LogP contribution in [0.2, 0.25) is 0 Å². The summed E-state index contributed by atoms with van der Waals surface area (Å²) in [6.07, 6.45) is 2.35. The molecule has 0 spiro atoms. The molecule has 0 amide bonds. The molecule has 110 valence electrons. The summed E-state index contributed by atoms with van der Waals surface area (Å²) in [5, 5.41) is 4.03. The molecule has 1 atom stereocenters. The lowest BCUT2D eigenvalue weighted by molar-refractivity contribution is 0.161. The van der Waals surface area contributed by atoms with Crippen LogP contribution in [0.5, 0.6) is 0 Å². The summed E-state index contributed by atoms with van der Waals surface area (Å²) in [5.41, 5.74) is 5.94. The van der Waals surface area contributed by atoms with Gasteiger partial charge in [-0.15, -0.1) is 12.4 Å². The van der Waals surface area contributed by atoms with E-state index in [1.165, 1.54) is 12.8 Å². The molecule has 1 saturated heterocycles. The van der Waals surface area contributed by atoms with Gasteiger partial charge in [0.25, 0.3) is 0 Å². The highest BCUT2D eigenvalue weighted by atomic mass is 35.5. The van der Waals surface area contributed by atoms with Crippen LogP contribution in [0, 0.1) is 5.92 Å². The van der Waals surface area contributed by atoms with Crippen LogP contribution < -0.4 is 5.73 Å². The van der Waals surface area contributed by atoms with Crippen LogP contribution >= 0.6 is 12.4 Å². The van der Waals surface area contributed by atoms with Crippen molar-refractivity contribution >= 4 is 12.4 Å². The molecule has 1 aliphatic heterocycles. The maximum atomic E-state index is 5.94. The molecule has 0 radical (unpaired) electrons. The Morgan fingerprint density at radius 1 is 1.32 bits per heavy atom. The number of nitrogens with zero attached hydrogens (tertiary/aromatic N) is 3. The number of halogens is 1. The highest BCUT2D eigenvalue weighted by molar-refractivity contribution is 5.85. The Kier molecular flexibility index (Phi) is 6.23. The minimum atomic E-state index is 0. The Hall–Kier alpha value is -0.650. The first-order valence-electron chi connectivity index (χ1n) is 6.86.